The molecule has 128 valence electrons. The molecule has 2 N–H and O–H groups in total. The van der Waals surface area contributed by atoms with Crippen LogP contribution in [0.3, 0.4) is 0 Å². The van der Waals surface area contributed by atoms with Gasteiger partial charge in [0.05, 0.1) is 11.7 Å². The molecule has 5 nitrogen and oxygen atoms in total. The lowest BCUT2D eigenvalue weighted by Crippen LogP contribution is -2.76. The van der Waals surface area contributed by atoms with E-state index in [4.69, 9.17) is 4.74 Å². The van der Waals surface area contributed by atoms with Gasteiger partial charge in [0, 0.05) is 33.9 Å². The standard InChI is InChI=1S/C18H21NO4S/c1-4-23-14-9-18(16(21)22,17(14,2)3)19-15(20)12-10-24-13-8-6-5-7-11(12)13/h5-8,10,14H,4,9H2,1-3H3,(H,19,20)(H,21,22)/t14-,18-/m0/s1. The molecule has 1 heterocycles. The summed E-state index contributed by atoms with van der Waals surface area (Å²) >= 11 is 1.48. The summed E-state index contributed by atoms with van der Waals surface area (Å²) in [6.07, 6.45) is 0.0925. The van der Waals surface area contributed by atoms with Crippen LogP contribution in [0.25, 0.3) is 10.1 Å². The normalized spacial score (nSPS) is 25.2. The van der Waals surface area contributed by atoms with E-state index >= 15 is 0 Å². The van der Waals surface area contributed by atoms with Crippen LogP contribution < -0.4 is 5.32 Å². The first-order valence-corrected chi connectivity index (χ1v) is 8.85. The Morgan fingerprint density at radius 1 is 1.38 bits per heavy atom. The maximum absolute atomic E-state index is 12.8. The highest BCUT2D eigenvalue weighted by molar-refractivity contribution is 7.17. The number of fused-ring (bicyclic) bond motifs is 1. The van der Waals surface area contributed by atoms with E-state index in [9.17, 15) is 14.7 Å². The number of amides is 1. The molecule has 0 unspecified atom stereocenters. The molecule has 6 heteroatoms. The van der Waals surface area contributed by atoms with Gasteiger partial charge in [0.2, 0.25) is 0 Å². The van der Waals surface area contributed by atoms with Crippen molar-refractivity contribution in [1.29, 1.82) is 0 Å². The number of hydrogen-bond donors (Lipinski definition) is 2. The average molecular weight is 347 g/mol. The fourth-order valence-corrected chi connectivity index (χ4v) is 4.39. The fourth-order valence-electron chi connectivity index (χ4n) is 3.45. The molecule has 0 saturated heterocycles. The third-order valence-electron chi connectivity index (χ3n) is 5.18. The van der Waals surface area contributed by atoms with E-state index in [2.05, 4.69) is 5.32 Å². The van der Waals surface area contributed by atoms with Crippen LogP contribution in [0, 0.1) is 5.41 Å². The van der Waals surface area contributed by atoms with Crippen LogP contribution in [0.4, 0.5) is 0 Å². The zero-order valence-electron chi connectivity index (χ0n) is 14.0. The van der Waals surface area contributed by atoms with Crippen LogP contribution in [-0.4, -0.2) is 35.2 Å². The molecular weight excluding hydrogens is 326 g/mol. The lowest BCUT2D eigenvalue weighted by Gasteiger charge is -2.58. The quantitative estimate of drug-likeness (QED) is 0.870. The highest BCUT2D eigenvalue weighted by atomic mass is 32.1. The van der Waals surface area contributed by atoms with Gasteiger partial charge in [-0.3, -0.25) is 4.79 Å². The molecule has 1 fully saturated rings. The van der Waals surface area contributed by atoms with Gasteiger partial charge in [-0.2, -0.15) is 0 Å². The summed E-state index contributed by atoms with van der Waals surface area (Å²) in [6.45, 7) is 6.06. The van der Waals surface area contributed by atoms with Crippen molar-refractivity contribution >= 4 is 33.3 Å². The number of carbonyl (C=O) groups is 2. The van der Waals surface area contributed by atoms with Crippen LogP contribution in [0.5, 0.6) is 0 Å². The van der Waals surface area contributed by atoms with Crippen molar-refractivity contribution in [2.24, 2.45) is 5.41 Å². The Morgan fingerprint density at radius 3 is 2.71 bits per heavy atom. The number of nitrogens with one attached hydrogen (secondary N) is 1. The Kier molecular flexibility index (Phi) is 4.13. The van der Waals surface area contributed by atoms with Gasteiger partial charge in [-0.05, 0) is 13.0 Å². The van der Waals surface area contributed by atoms with E-state index in [1.807, 2.05) is 45.0 Å². The molecular formula is C18H21NO4S. The van der Waals surface area contributed by atoms with E-state index in [0.717, 1.165) is 10.1 Å². The first-order chi connectivity index (χ1) is 11.3. The van der Waals surface area contributed by atoms with Crippen LogP contribution in [-0.2, 0) is 9.53 Å². The summed E-state index contributed by atoms with van der Waals surface area (Å²) in [6, 6.07) is 7.61. The molecule has 0 bridgehead atoms. The van der Waals surface area contributed by atoms with Crippen molar-refractivity contribution in [2.75, 3.05) is 6.61 Å². The van der Waals surface area contributed by atoms with Gasteiger partial charge in [0.15, 0.2) is 0 Å². The molecule has 1 aliphatic rings. The van der Waals surface area contributed by atoms with Gasteiger partial charge in [-0.1, -0.05) is 32.0 Å². The smallest absolute Gasteiger partial charge is 0.330 e. The SMILES string of the molecule is CCO[C@H]1C[C@](NC(=O)c2csc3ccccc23)(C(=O)O)C1(C)C. The van der Waals surface area contributed by atoms with Crippen molar-refractivity contribution in [3.63, 3.8) is 0 Å². The molecule has 2 aromatic rings. The summed E-state index contributed by atoms with van der Waals surface area (Å²) in [5.41, 5.74) is -1.48. The highest BCUT2D eigenvalue weighted by Crippen LogP contribution is 2.51. The minimum atomic E-state index is -1.31. The Bertz CT molecular complexity index is 797. The first kappa shape index (κ1) is 16.9. The Balaban J connectivity index is 1.90. The lowest BCUT2D eigenvalue weighted by molar-refractivity contribution is -0.190. The van der Waals surface area contributed by atoms with Gasteiger partial charge in [0.25, 0.3) is 5.91 Å². The highest BCUT2D eigenvalue weighted by Gasteiger charge is 2.66. The number of carbonyl (C=O) groups excluding carboxylic acids is 1. The number of carboxylic acids is 1. The topological polar surface area (TPSA) is 75.6 Å². The third-order valence-corrected chi connectivity index (χ3v) is 6.15. The summed E-state index contributed by atoms with van der Waals surface area (Å²) in [5, 5.41) is 15.2. The van der Waals surface area contributed by atoms with Crippen molar-refractivity contribution in [3.05, 3.63) is 35.2 Å². The molecule has 0 spiro atoms. The van der Waals surface area contributed by atoms with Crippen LogP contribution in [0.1, 0.15) is 37.6 Å². The second-order valence-corrected chi connectivity index (χ2v) is 7.59. The maximum Gasteiger partial charge on any atom is 0.330 e. The monoisotopic (exact) mass is 347 g/mol. The summed E-state index contributed by atoms with van der Waals surface area (Å²) in [7, 11) is 0. The number of benzene rings is 1. The fraction of sp³-hybridized carbons (Fsp3) is 0.444. The van der Waals surface area contributed by atoms with E-state index in [0.29, 0.717) is 12.2 Å². The summed E-state index contributed by atoms with van der Waals surface area (Å²) in [4.78, 5) is 24.7. The number of hydrogen-bond acceptors (Lipinski definition) is 4. The van der Waals surface area contributed by atoms with Crippen molar-refractivity contribution in [3.8, 4) is 0 Å². The Labute approximate surface area is 144 Å². The van der Waals surface area contributed by atoms with E-state index in [1.165, 1.54) is 11.3 Å². The van der Waals surface area contributed by atoms with Crippen molar-refractivity contribution < 1.29 is 19.4 Å². The predicted molar refractivity (Wildman–Crippen MR) is 93.5 cm³/mol. The zero-order chi connectivity index (χ0) is 17.5. The summed E-state index contributed by atoms with van der Waals surface area (Å²) < 4.78 is 6.64. The molecule has 1 amide bonds. The number of carboxylic acid groups (broad SMARTS) is 1. The second kappa shape index (κ2) is 5.86. The van der Waals surface area contributed by atoms with Crippen LogP contribution in [0.15, 0.2) is 29.6 Å². The van der Waals surface area contributed by atoms with E-state index < -0.39 is 16.9 Å². The third kappa shape index (κ3) is 2.32. The Morgan fingerprint density at radius 2 is 2.08 bits per heavy atom. The van der Waals surface area contributed by atoms with E-state index in [1.54, 1.807) is 5.38 Å². The minimum Gasteiger partial charge on any atom is -0.479 e. The summed E-state index contributed by atoms with van der Waals surface area (Å²) in [5.74, 6) is -1.37. The van der Waals surface area contributed by atoms with Gasteiger partial charge in [-0.25, -0.2) is 4.79 Å². The van der Waals surface area contributed by atoms with Crippen molar-refractivity contribution in [1.82, 2.24) is 5.32 Å². The molecule has 24 heavy (non-hydrogen) atoms. The molecule has 1 aromatic heterocycles. The predicted octanol–water partition coefficient (Wildman–Crippen LogP) is 3.29. The van der Waals surface area contributed by atoms with Crippen LogP contribution >= 0.6 is 11.3 Å². The van der Waals surface area contributed by atoms with E-state index in [-0.39, 0.29) is 18.4 Å². The number of ether oxygens (including phenoxy) is 1. The number of aliphatic carboxylic acids is 1. The maximum atomic E-state index is 12.8. The molecule has 1 saturated carbocycles. The average Bonchev–Trinajstić information content (AvgIpc) is 2.97. The van der Waals surface area contributed by atoms with Gasteiger partial charge < -0.3 is 15.2 Å². The molecule has 1 aliphatic carbocycles. The van der Waals surface area contributed by atoms with Gasteiger partial charge in [0.1, 0.15) is 5.54 Å². The first-order valence-electron chi connectivity index (χ1n) is 7.97. The second-order valence-electron chi connectivity index (χ2n) is 6.68. The minimum absolute atomic E-state index is 0.182. The van der Waals surface area contributed by atoms with Crippen LogP contribution in [0.2, 0.25) is 0 Å². The van der Waals surface area contributed by atoms with Gasteiger partial charge in [-0.15, -0.1) is 11.3 Å². The molecule has 2 atom stereocenters. The van der Waals surface area contributed by atoms with Crippen molar-refractivity contribution in [2.45, 2.75) is 38.8 Å². The molecule has 3 rings (SSSR count). The molecule has 1 aromatic carbocycles. The zero-order valence-corrected chi connectivity index (χ0v) is 14.8. The lowest BCUT2D eigenvalue weighted by atomic mass is 9.54. The van der Waals surface area contributed by atoms with Gasteiger partial charge >= 0.3 is 5.97 Å². The molecule has 0 aliphatic heterocycles. The number of rotatable bonds is 5. The number of thiophene rings is 1. The Hall–Kier alpha value is -1.92. The molecule has 0 radical (unpaired) electrons. The largest absolute Gasteiger partial charge is 0.479 e.